The first-order chi connectivity index (χ1) is 10.9. The van der Waals surface area contributed by atoms with E-state index in [4.69, 9.17) is 9.47 Å². The molecule has 0 amide bonds. The molecule has 1 aliphatic heterocycles. The number of carbonyl (C=O) groups excluding carboxylic acids is 2. The van der Waals surface area contributed by atoms with E-state index in [-0.39, 0.29) is 6.10 Å². The summed E-state index contributed by atoms with van der Waals surface area (Å²) < 4.78 is 11.0. The number of cyclic esters (lactones) is 2. The Morgan fingerprint density at radius 2 is 1.57 bits per heavy atom. The van der Waals surface area contributed by atoms with Gasteiger partial charge in [-0.1, -0.05) is 39.8 Å². The number of rotatable bonds is 4. The summed E-state index contributed by atoms with van der Waals surface area (Å²) in [6, 6.07) is 8.89. The van der Waals surface area contributed by atoms with Gasteiger partial charge in [-0.3, -0.25) is 0 Å². The second-order valence-corrected chi connectivity index (χ2v) is 6.62. The van der Waals surface area contributed by atoms with Gasteiger partial charge < -0.3 is 9.47 Å². The molecule has 0 aromatic heterocycles. The molecule has 4 nitrogen and oxygen atoms in total. The minimum Gasteiger partial charge on any atom is -0.490 e. The molecule has 0 unspecified atom stereocenters. The highest BCUT2D eigenvalue weighted by Crippen LogP contribution is 2.33. The molecular formula is C19H20O4. The molecule has 4 heteroatoms. The van der Waals surface area contributed by atoms with E-state index in [1.54, 1.807) is 18.2 Å². The molecule has 23 heavy (non-hydrogen) atoms. The van der Waals surface area contributed by atoms with Crippen LogP contribution in [0.5, 0.6) is 5.75 Å². The number of hydrogen-bond acceptors (Lipinski definition) is 4. The Balaban J connectivity index is 2.12. The van der Waals surface area contributed by atoms with E-state index >= 15 is 0 Å². The van der Waals surface area contributed by atoms with Crippen LogP contribution in [0, 0.1) is 11.8 Å². The molecule has 2 aromatic carbocycles. The number of esters is 2. The van der Waals surface area contributed by atoms with Crippen LogP contribution < -0.4 is 4.74 Å². The monoisotopic (exact) mass is 312 g/mol. The molecule has 2 aromatic rings. The predicted molar refractivity (Wildman–Crippen MR) is 87.8 cm³/mol. The van der Waals surface area contributed by atoms with Crippen molar-refractivity contribution in [1.29, 1.82) is 0 Å². The van der Waals surface area contributed by atoms with Crippen LogP contribution in [-0.4, -0.2) is 18.0 Å². The van der Waals surface area contributed by atoms with E-state index in [9.17, 15) is 9.59 Å². The Labute approximate surface area is 135 Å². The van der Waals surface area contributed by atoms with E-state index in [1.807, 2.05) is 12.1 Å². The van der Waals surface area contributed by atoms with Crippen molar-refractivity contribution in [3.63, 3.8) is 0 Å². The lowest BCUT2D eigenvalue weighted by Crippen LogP contribution is -2.29. The quantitative estimate of drug-likeness (QED) is 0.627. The molecule has 0 atom stereocenters. The second-order valence-electron chi connectivity index (χ2n) is 6.62. The zero-order chi connectivity index (χ0) is 16.7. The van der Waals surface area contributed by atoms with Crippen molar-refractivity contribution >= 4 is 22.7 Å². The van der Waals surface area contributed by atoms with Crippen molar-refractivity contribution in [2.75, 3.05) is 0 Å². The van der Waals surface area contributed by atoms with Crippen LogP contribution in [-0.2, 0) is 4.74 Å². The molecule has 0 radical (unpaired) electrons. The minimum absolute atomic E-state index is 0.0454. The van der Waals surface area contributed by atoms with Crippen molar-refractivity contribution in [1.82, 2.24) is 0 Å². The van der Waals surface area contributed by atoms with Crippen LogP contribution in [0.1, 0.15) is 48.4 Å². The van der Waals surface area contributed by atoms with E-state index in [0.717, 1.165) is 5.39 Å². The minimum atomic E-state index is -0.616. The number of carbonyl (C=O) groups is 2. The molecule has 3 rings (SSSR count). The number of hydrogen-bond donors (Lipinski definition) is 0. The molecular weight excluding hydrogens is 292 g/mol. The van der Waals surface area contributed by atoms with Gasteiger partial charge in [0.1, 0.15) is 11.9 Å². The highest BCUT2D eigenvalue weighted by molar-refractivity contribution is 6.21. The highest BCUT2D eigenvalue weighted by Gasteiger charge is 2.28. The van der Waals surface area contributed by atoms with Crippen molar-refractivity contribution in [3.05, 3.63) is 41.5 Å². The zero-order valence-electron chi connectivity index (χ0n) is 13.8. The third-order valence-electron chi connectivity index (χ3n) is 4.16. The average molecular weight is 312 g/mol. The molecule has 1 heterocycles. The predicted octanol–water partition coefficient (Wildman–Crippen LogP) is 4.21. The van der Waals surface area contributed by atoms with Crippen LogP contribution in [0.25, 0.3) is 10.8 Å². The Morgan fingerprint density at radius 1 is 0.913 bits per heavy atom. The molecule has 0 spiro atoms. The summed E-state index contributed by atoms with van der Waals surface area (Å²) in [4.78, 5) is 23.9. The maximum atomic E-state index is 12.1. The zero-order valence-corrected chi connectivity index (χ0v) is 13.8. The van der Waals surface area contributed by atoms with E-state index in [0.29, 0.717) is 34.1 Å². The van der Waals surface area contributed by atoms with Gasteiger partial charge in [0, 0.05) is 5.39 Å². The topological polar surface area (TPSA) is 52.6 Å². The molecule has 0 bridgehead atoms. The lowest BCUT2D eigenvalue weighted by Gasteiger charge is -2.27. The van der Waals surface area contributed by atoms with Crippen molar-refractivity contribution < 1.29 is 19.1 Å². The maximum Gasteiger partial charge on any atom is 0.346 e. The van der Waals surface area contributed by atoms with E-state index in [2.05, 4.69) is 27.7 Å². The second kappa shape index (κ2) is 5.69. The van der Waals surface area contributed by atoms with Gasteiger partial charge in [0.25, 0.3) is 0 Å². The smallest absolute Gasteiger partial charge is 0.346 e. The molecule has 0 saturated carbocycles. The first-order valence-corrected chi connectivity index (χ1v) is 7.88. The van der Waals surface area contributed by atoms with Crippen molar-refractivity contribution in [3.8, 4) is 5.75 Å². The summed E-state index contributed by atoms with van der Waals surface area (Å²) in [5.41, 5.74) is 0.812. The van der Waals surface area contributed by atoms with Crippen LogP contribution in [0.4, 0.5) is 0 Å². The lowest BCUT2D eigenvalue weighted by molar-refractivity contribution is 0.0390. The summed E-state index contributed by atoms with van der Waals surface area (Å²) >= 11 is 0. The van der Waals surface area contributed by atoms with Gasteiger partial charge >= 0.3 is 11.9 Å². The highest BCUT2D eigenvalue weighted by atomic mass is 16.6. The van der Waals surface area contributed by atoms with Crippen LogP contribution in [0.15, 0.2) is 30.3 Å². The van der Waals surface area contributed by atoms with Gasteiger partial charge in [0.05, 0.1) is 11.1 Å². The van der Waals surface area contributed by atoms with Gasteiger partial charge in [-0.15, -0.1) is 0 Å². The summed E-state index contributed by atoms with van der Waals surface area (Å²) in [5.74, 6) is 0.117. The van der Waals surface area contributed by atoms with Crippen LogP contribution >= 0.6 is 0 Å². The van der Waals surface area contributed by atoms with Crippen molar-refractivity contribution in [2.45, 2.75) is 33.8 Å². The fourth-order valence-electron chi connectivity index (χ4n) is 3.19. The molecule has 0 aliphatic carbocycles. The molecule has 0 fully saturated rings. The largest absolute Gasteiger partial charge is 0.490 e. The van der Waals surface area contributed by atoms with Crippen LogP contribution in [0.2, 0.25) is 0 Å². The number of benzene rings is 2. The summed E-state index contributed by atoms with van der Waals surface area (Å²) in [7, 11) is 0. The first-order valence-electron chi connectivity index (χ1n) is 7.88. The Bertz CT molecular complexity index is 781. The SMILES string of the molecule is CC(C)C(Oc1cc2c3c(cccc3c1)C(=O)OC2=O)C(C)C. The van der Waals surface area contributed by atoms with Gasteiger partial charge in [-0.2, -0.15) is 0 Å². The summed E-state index contributed by atoms with van der Waals surface area (Å²) in [6.07, 6.45) is 0.0454. The van der Waals surface area contributed by atoms with Gasteiger partial charge in [0.15, 0.2) is 0 Å². The van der Waals surface area contributed by atoms with Gasteiger partial charge in [-0.25, -0.2) is 9.59 Å². The lowest BCUT2D eigenvalue weighted by atomic mass is 9.95. The third kappa shape index (κ3) is 2.69. The Morgan fingerprint density at radius 3 is 2.22 bits per heavy atom. The third-order valence-corrected chi connectivity index (χ3v) is 4.16. The Hall–Kier alpha value is -2.36. The fourth-order valence-corrected chi connectivity index (χ4v) is 3.19. The average Bonchev–Trinajstić information content (AvgIpc) is 2.49. The fraction of sp³-hybridized carbons (Fsp3) is 0.368. The van der Waals surface area contributed by atoms with Crippen molar-refractivity contribution in [2.24, 2.45) is 11.8 Å². The molecule has 0 N–H and O–H groups in total. The van der Waals surface area contributed by atoms with Crippen LogP contribution in [0.3, 0.4) is 0 Å². The standard InChI is InChI=1S/C19H20O4/c1-10(2)17(11(3)4)22-13-8-12-6-5-7-14-16(12)15(9-13)19(21)23-18(14)20/h5-11,17H,1-4H3. The first kappa shape index (κ1) is 15.5. The molecule has 1 aliphatic rings. The molecule has 0 saturated heterocycles. The van der Waals surface area contributed by atoms with Gasteiger partial charge in [0.2, 0.25) is 0 Å². The van der Waals surface area contributed by atoms with E-state index in [1.165, 1.54) is 0 Å². The summed E-state index contributed by atoms with van der Waals surface area (Å²) in [6.45, 7) is 8.45. The van der Waals surface area contributed by atoms with E-state index < -0.39 is 11.9 Å². The summed E-state index contributed by atoms with van der Waals surface area (Å²) in [5, 5.41) is 1.46. The maximum absolute atomic E-state index is 12.1. The normalized spacial score (nSPS) is 14.0. The van der Waals surface area contributed by atoms with Gasteiger partial charge in [-0.05, 0) is 35.4 Å². The Kier molecular flexibility index (Phi) is 3.84. The molecule has 120 valence electrons. The number of ether oxygens (including phenoxy) is 2.